The van der Waals surface area contributed by atoms with Gasteiger partial charge in [0.1, 0.15) is 7.85 Å². The van der Waals surface area contributed by atoms with Crippen LogP contribution in [-0.2, 0) is 19.2 Å². The number of nitrogen functional groups attached to an aromatic ring is 1. The van der Waals surface area contributed by atoms with Crippen molar-refractivity contribution in [3.05, 3.63) is 28.8 Å². The molecule has 1 unspecified atom stereocenters. The molecule has 0 fully saturated rings. The SMILES string of the molecule is BCc1c(CC)ccc(CCC(C)O)c1N. The lowest BCUT2D eigenvalue weighted by Gasteiger charge is -2.14. The minimum Gasteiger partial charge on any atom is -0.398 e. The standard InChI is InChI=1S/C13H22BNO/c1-3-10-6-7-11(5-4-9(2)16)13(15)12(10)8-14/h6-7,9,16H,3-5,8,14-15H2,1-2H3. The van der Waals surface area contributed by atoms with Gasteiger partial charge in [-0.15, -0.1) is 0 Å². The van der Waals surface area contributed by atoms with Crippen molar-refractivity contribution in [2.24, 2.45) is 0 Å². The first-order chi connectivity index (χ1) is 7.60. The Kier molecular flexibility index (Phi) is 4.87. The molecular formula is C13H22BNO. The first-order valence-electron chi connectivity index (χ1n) is 6.17. The summed E-state index contributed by atoms with van der Waals surface area (Å²) < 4.78 is 0. The number of aliphatic hydroxyl groups is 1. The number of rotatable bonds is 5. The van der Waals surface area contributed by atoms with Crippen LogP contribution in [0.4, 0.5) is 5.69 Å². The summed E-state index contributed by atoms with van der Waals surface area (Å²) >= 11 is 0. The van der Waals surface area contributed by atoms with Crippen molar-refractivity contribution < 1.29 is 5.11 Å². The molecule has 0 aliphatic carbocycles. The molecule has 88 valence electrons. The van der Waals surface area contributed by atoms with Crippen LogP contribution in [0.5, 0.6) is 0 Å². The average molecular weight is 219 g/mol. The molecule has 0 aliphatic rings. The lowest BCUT2D eigenvalue weighted by molar-refractivity contribution is 0.185. The molecule has 0 bridgehead atoms. The number of benzene rings is 1. The second-order valence-electron chi connectivity index (χ2n) is 4.37. The molecule has 2 nitrogen and oxygen atoms in total. The van der Waals surface area contributed by atoms with Crippen LogP contribution in [0.1, 0.15) is 37.0 Å². The fourth-order valence-corrected chi connectivity index (χ4v) is 2.09. The van der Waals surface area contributed by atoms with Crippen LogP contribution in [0.3, 0.4) is 0 Å². The number of aliphatic hydroxyl groups excluding tert-OH is 1. The molecule has 0 aromatic heterocycles. The number of aryl methyl sites for hydroxylation is 2. The largest absolute Gasteiger partial charge is 0.398 e. The molecule has 0 radical (unpaired) electrons. The summed E-state index contributed by atoms with van der Waals surface area (Å²) in [6.45, 7) is 3.97. The molecule has 3 N–H and O–H groups in total. The molecule has 1 aromatic carbocycles. The van der Waals surface area contributed by atoms with Crippen molar-refractivity contribution in [2.75, 3.05) is 5.73 Å². The summed E-state index contributed by atoms with van der Waals surface area (Å²) in [4.78, 5) is 0. The molecule has 0 saturated heterocycles. The second-order valence-corrected chi connectivity index (χ2v) is 4.37. The summed E-state index contributed by atoms with van der Waals surface area (Å²) in [6, 6.07) is 4.28. The Hall–Kier alpha value is -0.955. The fourth-order valence-electron chi connectivity index (χ4n) is 2.09. The molecule has 3 heteroatoms. The van der Waals surface area contributed by atoms with Crippen molar-refractivity contribution in [3.63, 3.8) is 0 Å². The minimum absolute atomic E-state index is 0.254. The van der Waals surface area contributed by atoms with Gasteiger partial charge < -0.3 is 10.8 Å². The van der Waals surface area contributed by atoms with Crippen LogP contribution < -0.4 is 5.73 Å². The van der Waals surface area contributed by atoms with Crippen molar-refractivity contribution in [1.82, 2.24) is 0 Å². The van der Waals surface area contributed by atoms with E-state index in [1.807, 2.05) is 6.92 Å². The zero-order valence-electron chi connectivity index (χ0n) is 10.6. The summed E-state index contributed by atoms with van der Waals surface area (Å²) in [5.74, 6) is 0. The Morgan fingerprint density at radius 2 is 2.00 bits per heavy atom. The summed E-state index contributed by atoms with van der Waals surface area (Å²) in [5, 5.41) is 9.29. The first kappa shape index (κ1) is 13.1. The molecule has 0 heterocycles. The van der Waals surface area contributed by atoms with E-state index in [0.29, 0.717) is 0 Å². The van der Waals surface area contributed by atoms with Gasteiger partial charge in [0.2, 0.25) is 0 Å². The molecule has 0 amide bonds. The molecule has 1 rings (SSSR count). The molecular weight excluding hydrogens is 197 g/mol. The fraction of sp³-hybridized carbons (Fsp3) is 0.538. The van der Waals surface area contributed by atoms with Crippen LogP contribution in [0, 0.1) is 0 Å². The predicted octanol–water partition coefficient (Wildman–Crippen LogP) is 1.28. The molecule has 1 atom stereocenters. The van der Waals surface area contributed by atoms with Gasteiger partial charge in [-0.1, -0.05) is 25.4 Å². The third-order valence-electron chi connectivity index (χ3n) is 3.11. The zero-order chi connectivity index (χ0) is 12.1. The zero-order valence-corrected chi connectivity index (χ0v) is 10.6. The van der Waals surface area contributed by atoms with Crippen LogP contribution in [0.2, 0.25) is 0 Å². The first-order valence-corrected chi connectivity index (χ1v) is 6.17. The van der Waals surface area contributed by atoms with Gasteiger partial charge in [-0.05, 0) is 42.9 Å². The Bertz CT molecular complexity index is 350. The van der Waals surface area contributed by atoms with Crippen LogP contribution in [-0.4, -0.2) is 19.1 Å². The average Bonchev–Trinajstić information content (AvgIpc) is 2.26. The molecule has 1 aromatic rings. The van der Waals surface area contributed by atoms with Gasteiger partial charge in [-0.2, -0.15) is 0 Å². The van der Waals surface area contributed by atoms with Crippen molar-refractivity contribution in [2.45, 2.75) is 45.5 Å². The summed E-state index contributed by atoms with van der Waals surface area (Å²) in [6.07, 6.45) is 3.40. The highest BCUT2D eigenvalue weighted by Crippen LogP contribution is 2.24. The normalized spacial score (nSPS) is 12.7. The Balaban J connectivity index is 2.95. The quantitative estimate of drug-likeness (QED) is 0.578. The maximum atomic E-state index is 9.29. The number of hydrogen-bond acceptors (Lipinski definition) is 2. The Labute approximate surface area is 99.3 Å². The van der Waals surface area contributed by atoms with Crippen LogP contribution in [0.25, 0.3) is 0 Å². The van der Waals surface area contributed by atoms with Gasteiger partial charge in [-0.25, -0.2) is 0 Å². The molecule has 0 spiro atoms. The van der Waals surface area contributed by atoms with E-state index >= 15 is 0 Å². The van der Waals surface area contributed by atoms with Gasteiger partial charge in [0.15, 0.2) is 0 Å². The van der Waals surface area contributed by atoms with E-state index in [4.69, 9.17) is 5.73 Å². The number of nitrogens with two attached hydrogens (primary N) is 1. The van der Waals surface area contributed by atoms with Gasteiger partial charge in [-0.3, -0.25) is 0 Å². The third kappa shape index (κ3) is 3.02. The topological polar surface area (TPSA) is 46.2 Å². The smallest absolute Gasteiger partial charge is 0.107 e. The monoisotopic (exact) mass is 219 g/mol. The van der Waals surface area contributed by atoms with Gasteiger partial charge in [0.05, 0.1) is 6.10 Å². The summed E-state index contributed by atoms with van der Waals surface area (Å²) in [7, 11) is 2.14. The van der Waals surface area contributed by atoms with Crippen LogP contribution >= 0.6 is 0 Å². The highest BCUT2D eigenvalue weighted by molar-refractivity contribution is 6.09. The van der Waals surface area contributed by atoms with E-state index in [0.717, 1.165) is 31.3 Å². The van der Waals surface area contributed by atoms with E-state index in [1.165, 1.54) is 16.7 Å². The lowest BCUT2D eigenvalue weighted by atomic mass is 9.88. The Morgan fingerprint density at radius 1 is 1.38 bits per heavy atom. The molecule has 0 saturated carbocycles. The maximum Gasteiger partial charge on any atom is 0.107 e. The molecule has 0 aliphatic heterocycles. The Morgan fingerprint density at radius 3 is 2.50 bits per heavy atom. The highest BCUT2D eigenvalue weighted by atomic mass is 16.3. The van der Waals surface area contributed by atoms with Crippen molar-refractivity contribution in [3.8, 4) is 0 Å². The van der Waals surface area contributed by atoms with Gasteiger partial charge >= 0.3 is 0 Å². The predicted molar refractivity (Wildman–Crippen MR) is 72.5 cm³/mol. The van der Waals surface area contributed by atoms with E-state index in [1.54, 1.807) is 0 Å². The van der Waals surface area contributed by atoms with E-state index in [-0.39, 0.29) is 6.10 Å². The highest BCUT2D eigenvalue weighted by Gasteiger charge is 2.08. The van der Waals surface area contributed by atoms with Crippen LogP contribution in [0.15, 0.2) is 12.1 Å². The molecule has 16 heavy (non-hydrogen) atoms. The van der Waals surface area contributed by atoms with Gasteiger partial charge in [0.25, 0.3) is 0 Å². The summed E-state index contributed by atoms with van der Waals surface area (Å²) in [5.41, 5.74) is 10.9. The van der Waals surface area contributed by atoms with Crippen molar-refractivity contribution >= 4 is 13.5 Å². The van der Waals surface area contributed by atoms with Crippen molar-refractivity contribution in [1.29, 1.82) is 0 Å². The van der Waals surface area contributed by atoms with E-state index in [2.05, 4.69) is 26.9 Å². The maximum absolute atomic E-state index is 9.29. The van der Waals surface area contributed by atoms with Gasteiger partial charge in [0, 0.05) is 5.69 Å². The van der Waals surface area contributed by atoms with E-state index < -0.39 is 0 Å². The second kappa shape index (κ2) is 5.95. The number of hydrogen-bond donors (Lipinski definition) is 2. The third-order valence-corrected chi connectivity index (χ3v) is 3.11. The lowest BCUT2D eigenvalue weighted by Crippen LogP contribution is -2.07. The van der Waals surface area contributed by atoms with E-state index in [9.17, 15) is 5.11 Å². The minimum atomic E-state index is -0.254. The number of anilines is 1.